The number of imidazole rings is 4. The summed E-state index contributed by atoms with van der Waals surface area (Å²) in [7, 11) is 0. The van der Waals surface area contributed by atoms with Gasteiger partial charge in [-0.15, -0.1) is 0 Å². The number of aromatic amines is 2. The second-order valence-electron chi connectivity index (χ2n) is 11.4. The molecule has 0 aliphatic carbocycles. The smallest absolute Gasteiger partial charge is 0.213 e. The van der Waals surface area contributed by atoms with Crippen LogP contribution in [0.3, 0.4) is 0 Å². The summed E-state index contributed by atoms with van der Waals surface area (Å²) in [5.41, 5.74) is 15.8. The van der Waals surface area contributed by atoms with Crippen LogP contribution in [0.15, 0.2) is 133 Å². The highest BCUT2D eigenvalue weighted by molar-refractivity contribution is 5.93. The van der Waals surface area contributed by atoms with E-state index in [-0.39, 0.29) is 0 Å². The zero-order chi connectivity index (χ0) is 28.8. The van der Waals surface area contributed by atoms with Gasteiger partial charge in [0.05, 0.1) is 44.1 Å². The third-order valence-corrected chi connectivity index (χ3v) is 8.86. The monoisotopic (exact) mass is 564 g/mol. The van der Waals surface area contributed by atoms with Crippen LogP contribution in [0.4, 0.5) is 0 Å². The van der Waals surface area contributed by atoms with Crippen LogP contribution in [0.1, 0.15) is 0 Å². The Morgan fingerprint density at radius 2 is 0.727 bits per heavy atom. The van der Waals surface area contributed by atoms with Crippen molar-refractivity contribution in [1.29, 1.82) is 0 Å². The molecule has 206 valence electrons. The van der Waals surface area contributed by atoms with Crippen molar-refractivity contribution in [1.82, 2.24) is 28.7 Å². The second kappa shape index (κ2) is 8.69. The summed E-state index contributed by atoms with van der Waals surface area (Å²) in [6.45, 7) is 0. The molecule has 10 rings (SSSR count). The molecule has 0 aliphatic heterocycles. The van der Waals surface area contributed by atoms with Crippen molar-refractivity contribution < 1.29 is 0 Å². The molecule has 0 radical (unpaired) electrons. The number of hydrogen-bond donors (Lipinski definition) is 2. The number of nitrogens with zero attached hydrogens (tertiary/aromatic N) is 4. The molecule has 2 N–H and O–H groups in total. The fourth-order valence-corrected chi connectivity index (χ4v) is 6.66. The number of nitrogens with one attached hydrogen (secondary N) is 2. The molecule has 4 heterocycles. The Balaban J connectivity index is 0.974. The van der Waals surface area contributed by atoms with Gasteiger partial charge in [0, 0.05) is 0 Å². The van der Waals surface area contributed by atoms with E-state index in [1.165, 1.54) is 33.4 Å². The topological polar surface area (TPSA) is 66.2 Å². The summed E-state index contributed by atoms with van der Waals surface area (Å²) in [4.78, 5) is 16.4. The Hall–Kier alpha value is -6.14. The molecule has 0 unspecified atom stereocenters. The third kappa shape index (κ3) is 3.36. The Morgan fingerprint density at radius 1 is 0.364 bits per heavy atom. The van der Waals surface area contributed by atoms with Crippen LogP contribution in [0.5, 0.6) is 0 Å². The van der Waals surface area contributed by atoms with Crippen LogP contribution in [0.2, 0.25) is 0 Å². The van der Waals surface area contributed by atoms with Gasteiger partial charge in [-0.1, -0.05) is 84.9 Å². The van der Waals surface area contributed by atoms with Gasteiger partial charge in [0.15, 0.2) is 0 Å². The Kier molecular flexibility index (Phi) is 4.63. The van der Waals surface area contributed by atoms with Crippen LogP contribution in [-0.4, -0.2) is 28.7 Å². The van der Waals surface area contributed by atoms with Crippen molar-refractivity contribution in [2.24, 2.45) is 0 Å². The first kappa shape index (κ1) is 23.4. The van der Waals surface area contributed by atoms with E-state index in [1.807, 2.05) is 12.1 Å². The zero-order valence-electron chi connectivity index (χ0n) is 23.5. The summed E-state index contributed by atoms with van der Waals surface area (Å²) in [6, 6.07) is 47.3. The lowest BCUT2D eigenvalue weighted by Crippen LogP contribution is -1.85. The molecule has 6 nitrogen and oxygen atoms in total. The molecule has 6 aromatic carbocycles. The normalized spacial score (nSPS) is 12.1. The van der Waals surface area contributed by atoms with E-state index in [1.54, 1.807) is 0 Å². The molecule has 0 bridgehead atoms. The van der Waals surface area contributed by atoms with Crippen LogP contribution >= 0.6 is 0 Å². The number of hydrogen-bond acceptors (Lipinski definition) is 2. The van der Waals surface area contributed by atoms with Crippen molar-refractivity contribution in [3.05, 3.63) is 133 Å². The molecule has 4 aromatic heterocycles. The molecule has 6 heteroatoms. The minimum Gasteiger partial charge on any atom is -0.323 e. The maximum atomic E-state index is 4.76. The second-order valence-corrected chi connectivity index (χ2v) is 11.4. The van der Waals surface area contributed by atoms with Crippen molar-refractivity contribution >= 4 is 55.7 Å². The minimum absolute atomic E-state index is 0.869. The SMILES string of the molecule is c1ccc2c(c1)nc1[nH]c3ccc(-c4ccc(-c5ccc(-c6ccc7[nH]c8nc9ccccc9n8c7c6)cc5)cc4)cc3n12. The van der Waals surface area contributed by atoms with Gasteiger partial charge in [-0.05, 0) is 81.9 Å². The van der Waals surface area contributed by atoms with Gasteiger partial charge in [0.2, 0.25) is 11.6 Å². The predicted molar refractivity (Wildman–Crippen MR) is 179 cm³/mol. The molecule has 0 aliphatic rings. The summed E-state index contributed by atoms with van der Waals surface area (Å²) in [5.74, 6) is 1.74. The summed E-state index contributed by atoms with van der Waals surface area (Å²) < 4.78 is 4.41. The minimum atomic E-state index is 0.869. The molecular weight excluding hydrogens is 540 g/mol. The summed E-state index contributed by atoms with van der Waals surface area (Å²) >= 11 is 0. The van der Waals surface area contributed by atoms with Crippen molar-refractivity contribution in [3.63, 3.8) is 0 Å². The fourth-order valence-electron chi connectivity index (χ4n) is 6.66. The number of rotatable bonds is 3. The van der Waals surface area contributed by atoms with Gasteiger partial charge in [0.25, 0.3) is 0 Å². The van der Waals surface area contributed by atoms with Crippen LogP contribution in [0.25, 0.3) is 89.1 Å². The maximum Gasteiger partial charge on any atom is 0.213 e. The lowest BCUT2D eigenvalue weighted by Gasteiger charge is -2.08. The largest absolute Gasteiger partial charge is 0.323 e. The maximum absolute atomic E-state index is 4.76. The number of fused-ring (bicyclic) bond motifs is 10. The van der Waals surface area contributed by atoms with Gasteiger partial charge in [0.1, 0.15) is 0 Å². The molecule has 0 spiro atoms. The van der Waals surface area contributed by atoms with Gasteiger partial charge in [-0.3, -0.25) is 8.80 Å². The fraction of sp³-hybridized carbons (Fsp3) is 0. The number of benzene rings is 6. The van der Waals surface area contributed by atoms with Gasteiger partial charge < -0.3 is 9.97 Å². The van der Waals surface area contributed by atoms with Crippen LogP contribution < -0.4 is 0 Å². The highest BCUT2D eigenvalue weighted by Gasteiger charge is 2.13. The molecule has 10 aromatic rings. The molecule has 0 fully saturated rings. The number of aromatic nitrogens is 6. The molecular formula is C38H24N6. The van der Waals surface area contributed by atoms with Gasteiger partial charge >= 0.3 is 0 Å². The van der Waals surface area contributed by atoms with Gasteiger partial charge in [-0.25, -0.2) is 9.97 Å². The third-order valence-electron chi connectivity index (χ3n) is 8.86. The van der Waals surface area contributed by atoms with E-state index in [0.29, 0.717) is 0 Å². The highest BCUT2D eigenvalue weighted by atomic mass is 15.1. The van der Waals surface area contributed by atoms with E-state index < -0.39 is 0 Å². The van der Waals surface area contributed by atoms with E-state index in [2.05, 4.69) is 140 Å². The summed E-state index contributed by atoms with van der Waals surface area (Å²) in [6.07, 6.45) is 0. The lowest BCUT2D eigenvalue weighted by atomic mass is 9.98. The Labute approximate surface area is 250 Å². The average molecular weight is 565 g/mol. The first-order valence-corrected chi connectivity index (χ1v) is 14.8. The van der Waals surface area contributed by atoms with Gasteiger partial charge in [-0.2, -0.15) is 0 Å². The molecule has 44 heavy (non-hydrogen) atoms. The first-order valence-electron chi connectivity index (χ1n) is 14.8. The standard InChI is InChI=1S/C38H24N6/c1-3-7-33-29(5-1)39-37-41-31-19-17-27(21-35(31)43(33)37)25-13-9-23(10-14-25)24-11-15-26(16-12-24)28-18-20-32-36(22-28)44-34-8-4-2-6-30(34)40-38(44)42-32/h1-22H,(H,39,41)(H,40,42). The molecule has 0 amide bonds. The first-order chi connectivity index (χ1) is 21.8. The van der Waals surface area contributed by atoms with Crippen LogP contribution in [-0.2, 0) is 0 Å². The quantitative estimate of drug-likeness (QED) is 0.225. The number of para-hydroxylation sites is 4. The average Bonchev–Trinajstić information content (AvgIpc) is 3.82. The summed E-state index contributed by atoms with van der Waals surface area (Å²) in [5, 5.41) is 0. The van der Waals surface area contributed by atoms with E-state index in [4.69, 9.17) is 9.97 Å². The molecule has 0 saturated carbocycles. The van der Waals surface area contributed by atoms with Crippen LogP contribution in [0, 0.1) is 0 Å². The number of H-pyrrole nitrogens is 2. The molecule has 0 saturated heterocycles. The zero-order valence-corrected chi connectivity index (χ0v) is 23.5. The lowest BCUT2D eigenvalue weighted by molar-refractivity contribution is 1.28. The van der Waals surface area contributed by atoms with E-state index in [0.717, 1.165) is 55.7 Å². The molecule has 0 atom stereocenters. The van der Waals surface area contributed by atoms with Crippen molar-refractivity contribution in [2.75, 3.05) is 0 Å². The predicted octanol–water partition coefficient (Wildman–Crippen LogP) is 9.25. The van der Waals surface area contributed by atoms with Crippen molar-refractivity contribution in [3.8, 4) is 33.4 Å². The Morgan fingerprint density at radius 3 is 1.16 bits per heavy atom. The Bertz CT molecular complexity index is 2510. The van der Waals surface area contributed by atoms with E-state index >= 15 is 0 Å². The van der Waals surface area contributed by atoms with E-state index in [9.17, 15) is 0 Å². The van der Waals surface area contributed by atoms with Crippen molar-refractivity contribution in [2.45, 2.75) is 0 Å². The highest BCUT2D eigenvalue weighted by Crippen LogP contribution is 2.32.